The minimum Gasteiger partial charge on any atom is -0.450 e. The maximum absolute atomic E-state index is 13.4. The molecule has 12 heteroatoms. The molecule has 208 valence electrons. The topological polar surface area (TPSA) is 66.0 Å². The van der Waals surface area contributed by atoms with Crippen LogP contribution in [-0.4, -0.2) is 64.5 Å². The van der Waals surface area contributed by atoms with E-state index < -0.39 is 17.8 Å². The summed E-state index contributed by atoms with van der Waals surface area (Å²) >= 11 is 1.29. The summed E-state index contributed by atoms with van der Waals surface area (Å²) in [6.45, 7) is 4.28. The minimum atomic E-state index is -4.45. The van der Waals surface area contributed by atoms with E-state index in [9.17, 15) is 27.2 Å². The Morgan fingerprint density at radius 2 is 1.64 bits per heavy atom. The van der Waals surface area contributed by atoms with Gasteiger partial charge in [0, 0.05) is 44.6 Å². The van der Waals surface area contributed by atoms with E-state index in [4.69, 9.17) is 4.74 Å². The summed E-state index contributed by atoms with van der Waals surface area (Å²) in [4.78, 5) is 34.5. The highest BCUT2D eigenvalue weighted by atomic mass is 32.1. The molecule has 2 heterocycles. The lowest BCUT2D eigenvalue weighted by Crippen LogP contribution is -2.50. The van der Waals surface area contributed by atoms with Gasteiger partial charge in [-0.2, -0.15) is 13.2 Å². The second-order valence-electron chi connectivity index (χ2n) is 9.07. The Hall–Kier alpha value is -3.51. The molecule has 2 amide bonds. The molecule has 1 fully saturated rings. The number of aromatic nitrogens is 1. The van der Waals surface area contributed by atoms with Crippen LogP contribution in [-0.2, 0) is 30.5 Å². The van der Waals surface area contributed by atoms with Crippen molar-refractivity contribution in [1.82, 2.24) is 19.7 Å². The van der Waals surface area contributed by atoms with Gasteiger partial charge in [0.25, 0.3) is 5.91 Å². The maximum atomic E-state index is 13.4. The van der Waals surface area contributed by atoms with E-state index in [0.29, 0.717) is 43.3 Å². The van der Waals surface area contributed by atoms with E-state index in [2.05, 4.69) is 4.98 Å². The van der Waals surface area contributed by atoms with E-state index in [1.54, 1.807) is 40.3 Å². The molecule has 0 aliphatic carbocycles. The van der Waals surface area contributed by atoms with Gasteiger partial charge in [-0.25, -0.2) is 14.2 Å². The minimum absolute atomic E-state index is 0.194. The number of piperazine rings is 1. The Bertz CT molecular complexity index is 1270. The van der Waals surface area contributed by atoms with Gasteiger partial charge < -0.3 is 14.5 Å². The average Bonchev–Trinajstić information content (AvgIpc) is 3.38. The summed E-state index contributed by atoms with van der Waals surface area (Å²) < 4.78 is 58.2. The summed E-state index contributed by atoms with van der Waals surface area (Å²) in [6, 6.07) is 11.1. The number of alkyl halides is 3. The highest BCUT2D eigenvalue weighted by molar-refractivity contribution is 7.09. The third-order valence-electron chi connectivity index (χ3n) is 6.20. The molecule has 1 saturated heterocycles. The highest BCUT2D eigenvalue weighted by Crippen LogP contribution is 2.30. The Labute approximate surface area is 227 Å². The lowest BCUT2D eigenvalue weighted by atomic mass is 10.1. The summed E-state index contributed by atoms with van der Waals surface area (Å²) in [5.41, 5.74) is 0.808. The van der Waals surface area contributed by atoms with Gasteiger partial charge in [-0.1, -0.05) is 30.3 Å². The van der Waals surface area contributed by atoms with Crippen LogP contribution in [0.5, 0.6) is 0 Å². The molecule has 0 bridgehead atoms. The lowest BCUT2D eigenvalue weighted by molar-refractivity contribution is -0.137. The van der Waals surface area contributed by atoms with Gasteiger partial charge in [0.05, 0.1) is 18.7 Å². The van der Waals surface area contributed by atoms with Crippen molar-refractivity contribution in [2.45, 2.75) is 32.7 Å². The first kappa shape index (κ1) is 28.5. The van der Waals surface area contributed by atoms with E-state index >= 15 is 0 Å². The van der Waals surface area contributed by atoms with Crippen LogP contribution < -0.4 is 0 Å². The summed E-state index contributed by atoms with van der Waals surface area (Å²) in [6.07, 6.45) is -4.85. The molecule has 0 N–H and O–H groups in total. The number of hydrogen-bond donors (Lipinski definition) is 0. The monoisotopic (exact) mass is 564 g/mol. The molecule has 0 radical (unpaired) electrons. The first-order chi connectivity index (χ1) is 18.6. The molecule has 4 rings (SSSR count). The number of halogens is 4. The van der Waals surface area contributed by atoms with Crippen molar-refractivity contribution in [3.05, 3.63) is 87.1 Å². The molecule has 39 heavy (non-hydrogen) atoms. The average molecular weight is 565 g/mol. The van der Waals surface area contributed by atoms with Crippen LogP contribution in [0.3, 0.4) is 0 Å². The number of amides is 2. The molecule has 2 aromatic carbocycles. The van der Waals surface area contributed by atoms with Crippen LogP contribution in [0.25, 0.3) is 0 Å². The van der Waals surface area contributed by atoms with Crippen molar-refractivity contribution >= 4 is 23.3 Å². The number of carbonyl (C=O) groups excluding carboxylic acids is 2. The van der Waals surface area contributed by atoms with Crippen LogP contribution in [0.1, 0.15) is 39.1 Å². The number of ether oxygens (including phenoxy) is 1. The van der Waals surface area contributed by atoms with Crippen molar-refractivity contribution in [3.63, 3.8) is 0 Å². The normalized spacial score (nSPS) is 14.1. The second kappa shape index (κ2) is 12.6. The van der Waals surface area contributed by atoms with Gasteiger partial charge in [-0.05, 0) is 36.2 Å². The second-order valence-corrected chi connectivity index (χ2v) is 10.0. The van der Waals surface area contributed by atoms with Crippen LogP contribution >= 0.6 is 11.3 Å². The number of nitrogens with zero attached hydrogens (tertiary/aromatic N) is 4. The van der Waals surface area contributed by atoms with Crippen LogP contribution in [0, 0.1) is 5.82 Å². The van der Waals surface area contributed by atoms with Crippen LogP contribution in [0.4, 0.5) is 22.4 Å². The highest BCUT2D eigenvalue weighted by Gasteiger charge is 2.30. The number of benzene rings is 2. The zero-order valence-electron chi connectivity index (χ0n) is 21.3. The number of rotatable bonds is 8. The first-order valence-electron chi connectivity index (χ1n) is 12.4. The Kier molecular flexibility index (Phi) is 9.18. The van der Waals surface area contributed by atoms with E-state index in [1.165, 1.54) is 29.5 Å². The van der Waals surface area contributed by atoms with Gasteiger partial charge in [-0.15, -0.1) is 11.3 Å². The van der Waals surface area contributed by atoms with Crippen LogP contribution in [0.2, 0.25) is 0 Å². The predicted octanol–water partition coefficient (Wildman–Crippen LogP) is 5.42. The molecule has 0 spiro atoms. The zero-order chi connectivity index (χ0) is 28.0. The Morgan fingerprint density at radius 1 is 0.974 bits per heavy atom. The van der Waals surface area contributed by atoms with Crippen molar-refractivity contribution in [1.29, 1.82) is 0 Å². The maximum Gasteiger partial charge on any atom is 0.416 e. The summed E-state index contributed by atoms with van der Waals surface area (Å²) in [5, 5.41) is 2.29. The van der Waals surface area contributed by atoms with Gasteiger partial charge >= 0.3 is 12.3 Å². The largest absolute Gasteiger partial charge is 0.450 e. The fourth-order valence-corrected chi connectivity index (χ4v) is 5.07. The van der Waals surface area contributed by atoms with Crippen molar-refractivity contribution in [2.24, 2.45) is 0 Å². The van der Waals surface area contributed by atoms with Gasteiger partial charge in [-0.3, -0.25) is 9.69 Å². The number of thiazole rings is 1. The first-order valence-corrected chi connectivity index (χ1v) is 13.3. The molecule has 3 aromatic rings. The third-order valence-corrected chi connectivity index (χ3v) is 7.04. The van der Waals surface area contributed by atoms with Crippen molar-refractivity contribution in [3.8, 4) is 0 Å². The molecule has 1 aromatic heterocycles. The molecule has 0 saturated carbocycles. The third kappa shape index (κ3) is 7.76. The summed E-state index contributed by atoms with van der Waals surface area (Å²) in [5.74, 6) is -0.627. The molecular formula is C27H28F4N4O3S. The SMILES string of the molecule is CCOC(=O)N1CCN(C(=O)c2csc(CN(Cc3ccc(F)cc3)Cc3cccc(C(F)(F)F)c3)n2)CC1. The molecular weight excluding hydrogens is 536 g/mol. The standard InChI is InChI=1S/C27H28F4N4O3S/c1-2-38-26(37)35-12-10-34(11-13-35)25(36)23-18-39-24(32-23)17-33(15-19-6-8-22(28)9-7-19)16-20-4-3-5-21(14-20)27(29,30)31/h3-9,14,18H,2,10-13,15-17H2,1H3. The quantitative estimate of drug-likeness (QED) is 0.342. The molecule has 0 unspecified atom stereocenters. The van der Waals surface area contributed by atoms with Gasteiger partial charge in [0.1, 0.15) is 16.5 Å². The zero-order valence-corrected chi connectivity index (χ0v) is 22.1. The van der Waals surface area contributed by atoms with E-state index in [-0.39, 0.29) is 37.1 Å². The lowest BCUT2D eigenvalue weighted by Gasteiger charge is -2.33. The van der Waals surface area contributed by atoms with Crippen molar-refractivity contribution < 1.29 is 31.9 Å². The molecule has 1 aliphatic rings. The smallest absolute Gasteiger partial charge is 0.416 e. The van der Waals surface area contributed by atoms with Gasteiger partial charge in [0.2, 0.25) is 0 Å². The number of carbonyl (C=O) groups is 2. The van der Waals surface area contributed by atoms with E-state index in [0.717, 1.165) is 17.7 Å². The molecule has 7 nitrogen and oxygen atoms in total. The fourth-order valence-electron chi connectivity index (χ4n) is 4.26. The summed E-state index contributed by atoms with van der Waals surface area (Å²) in [7, 11) is 0. The number of hydrogen-bond acceptors (Lipinski definition) is 6. The van der Waals surface area contributed by atoms with Crippen molar-refractivity contribution in [2.75, 3.05) is 32.8 Å². The molecule has 1 aliphatic heterocycles. The Morgan fingerprint density at radius 3 is 2.31 bits per heavy atom. The molecule has 0 atom stereocenters. The van der Waals surface area contributed by atoms with Gasteiger partial charge in [0.15, 0.2) is 0 Å². The van der Waals surface area contributed by atoms with Crippen LogP contribution in [0.15, 0.2) is 53.9 Å². The fraction of sp³-hybridized carbons (Fsp3) is 0.370. The Balaban J connectivity index is 1.45. The van der Waals surface area contributed by atoms with E-state index in [1.807, 2.05) is 4.90 Å². The predicted molar refractivity (Wildman–Crippen MR) is 137 cm³/mol.